The second-order valence-corrected chi connectivity index (χ2v) is 1.47. The van der Waals surface area contributed by atoms with Crippen LogP contribution in [0.2, 0.25) is 0 Å². The fraction of sp³-hybridized carbons (Fsp3) is 0.400. The van der Waals surface area contributed by atoms with E-state index in [4.69, 9.17) is 0 Å². The zero-order chi connectivity index (χ0) is 5.86. The molecule has 40 valence electrons. The first-order valence-corrected chi connectivity index (χ1v) is 1.96. The van der Waals surface area contributed by atoms with Crippen LogP contribution in [-0.4, -0.2) is 6.29 Å². The van der Waals surface area contributed by atoms with Crippen LogP contribution < -0.4 is 0 Å². The van der Waals surface area contributed by atoms with Crippen LogP contribution in [0, 0.1) is 0 Å². The van der Waals surface area contributed by atoms with Crippen molar-refractivity contribution in [1.29, 1.82) is 0 Å². The summed E-state index contributed by atoms with van der Waals surface area (Å²) in [5.74, 6) is -0.667. The van der Waals surface area contributed by atoms with Crippen LogP contribution in [0.25, 0.3) is 0 Å². The summed E-state index contributed by atoms with van der Waals surface area (Å²) in [6, 6.07) is 0. The Morgan fingerprint density at radius 1 is 1.57 bits per heavy atom. The van der Waals surface area contributed by atoms with Crippen molar-refractivity contribution in [1.82, 2.24) is 0 Å². The van der Waals surface area contributed by atoms with Gasteiger partial charge in [-0.1, -0.05) is 0 Å². The fourth-order valence-electron chi connectivity index (χ4n) is 0.118. The molecule has 0 fully saturated rings. The van der Waals surface area contributed by atoms with Crippen LogP contribution >= 0.6 is 0 Å². The molecule has 0 bridgehead atoms. The molecule has 0 atom stereocenters. The number of carbonyl (C=O) groups is 1. The minimum absolute atomic E-state index is 0.204. The monoisotopic (exact) mass is 102 g/mol. The van der Waals surface area contributed by atoms with Gasteiger partial charge >= 0.3 is 0 Å². The Morgan fingerprint density at radius 2 is 2.00 bits per heavy atom. The van der Waals surface area contributed by atoms with E-state index in [2.05, 4.69) is 0 Å². The third kappa shape index (κ3) is 2.09. The van der Waals surface area contributed by atoms with E-state index in [1.807, 2.05) is 0 Å². The number of allylic oxidation sites excluding steroid dienone is 2. The first-order valence-electron chi connectivity index (χ1n) is 1.96. The molecule has 0 saturated carbocycles. The summed E-state index contributed by atoms with van der Waals surface area (Å²) in [5.41, 5.74) is 0.426. The topological polar surface area (TPSA) is 17.1 Å². The Morgan fingerprint density at radius 3 is 2.00 bits per heavy atom. The molecular weight excluding hydrogens is 95.1 g/mol. The van der Waals surface area contributed by atoms with Crippen molar-refractivity contribution in [3.63, 3.8) is 0 Å². The Kier molecular flexibility index (Phi) is 2.27. The molecule has 0 N–H and O–H groups in total. The lowest BCUT2D eigenvalue weighted by atomic mass is 10.3. The van der Waals surface area contributed by atoms with Crippen LogP contribution in [0.4, 0.5) is 4.39 Å². The number of hydrogen-bond donors (Lipinski definition) is 0. The van der Waals surface area contributed by atoms with E-state index in [1.165, 1.54) is 0 Å². The molecule has 0 amide bonds. The highest BCUT2D eigenvalue weighted by Crippen LogP contribution is 1.98. The molecule has 0 aliphatic rings. The van der Waals surface area contributed by atoms with Gasteiger partial charge in [-0.15, -0.1) is 0 Å². The predicted molar refractivity (Wildman–Crippen MR) is 25.5 cm³/mol. The van der Waals surface area contributed by atoms with Crippen LogP contribution in [0.3, 0.4) is 0 Å². The lowest BCUT2D eigenvalue weighted by Crippen LogP contribution is -1.75. The van der Waals surface area contributed by atoms with Gasteiger partial charge in [0.25, 0.3) is 0 Å². The van der Waals surface area contributed by atoms with Gasteiger partial charge in [0.15, 0.2) is 12.1 Å². The minimum Gasteiger partial charge on any atom is -0.295 e. The lowest BCUT2D eigenvalue weighted by molar-refractivity contribution is -0.106. The number of rotatable bonds is 1. The highest BCUT2D eigenvalue weighted by atomic mass is 19.1. The predicted octanol–water partition coefficient (Wildman–Crippen LogP) is 1.45. The molecule has 0 aliphatic heterocycles. The summed E-state index contributed by atoms with van der Waals surface area (Å²) in [5, 5.41) is 0. The van der Waals surface area contributed by atoms with Crippen molar-refractivity contribution >= 4 is 6.29 Å². The highest BCUT2D eigenvalue weighted by molar-refractivity contribution is 5.70. The molecule has 2 heteroatoms. The van der Waals surface area contributed by atoms with Crippen LogP contribution in [0.15, 0.2) is 11.4 Å². The Labute approximate surface area is 41.8 Å². The van der Waals surface area contributed by atoms with Crippen LogP contribution in [0.1, 0.15) is 13.8 Å². The van der Waals surface area contributed by atoms with Crippen molar-refractivity contribution in [2.45, 2.75) is 13.8 Å². The zero-order valence-corrected chi connectivity index (χ0v) is 4.36. The molecule has 0 saturated heterocycles. The van der Waals surface area contributed by atoms with Crippen molar-refractivity contribution in [3.8, 4) is 0 Å². The first kappa shape index (κ1) is 6.34. The molecule has 7 heavy (non-hydrogen) atoms. The Bertz CT molecular complexity index is 101. The molecule has 0 aliphatic carbocycles. The molecule has 0 heterocycles. The Balaban J connectivity index is 3.98. The number of carbonyl (C=O) groups excluding carboxylic acids is 1. The van der Waals surface area contributed by atoms with E-state index in [0.717, 1.165) is 0 Å². The molecule has 0 unspecified atom stereocenters. The molecular formula is C5H7FO. The number of hydrogen-bond acceptors (Lipinski definition) is 1. The highest BCUT2D eigenvalue weighted by Gasteiger charge is 1.89. The quantitative estimate of drug-likeness (QED) is 0.361. The zero-order valence-electron chi connectivity index (χ0n) is 4.36. The maximum absolute atomic E-state index is 11.8. The third-order valence-corrected chi connectivity index (χ3v) is 0.581. The second-order valence-electron chi connectivity index (χ2n) is 1.47. The maximum Gasteiger partial charge on any atom is 0.178 e. The van der Waals surface area contributed by atoms with Gasteiger partial charge in [0.1, 0.15) is 0 Å². The molecule has 0 rings (SSSR count). The van der Waals surface area contributed by atoms with E-state index in [9.17, 15) is 9.18 Å². The Hall–Kier alpha value is -0.660. The first-order chi connectivity index (χ1) is 3.18. The van der Waals surface area contributed by atoms with Gasteiger partial charge in [0.05, 0.1) is 0 Å². The van der Waals surface area contributed by atoms with Gasteiger partial charge < -0.3 is 0 Å². The summed E-state index contributed by atoms with van der Waals surface area (Å²) in [4.78, 5) is 9.51. The van der Waals surface area contributed by atoms with Crippen molar-refractivity contribution in [2.24, 2.45) is 0 Å². The molecule has 0 aromatic rings. The van der Waals surface area contributed by atoms with Crippen LogP contribution in [-0.2, 0) is 4.79 Å². The molecule has 1 nitrogen and oxygen atoms in total. The standard InChI is InChI=1S/C5H7FO/c1-4(2)5(6)3-7/h3H,1-2H3. The van der Waals surface area contributed by atoms with Crippen molar-refractivity contribution in [2.75, 3.05) is 0 Å². The van der Waals surface area contributed by atoms with E-state index >= 15 is 0 Å². The largest absolute Gasteiger partial charge is 0.295 e. The lowest BCUT2D eigenvalue weighted by Gasteiger charge is -1.82. The van der Waals surface area contributed by atoms with Gasteiger partial charge in [-0.25, -0.2) is 4.39 Å². The summed E-state index contributed by atoms with van der Waals surface area (Å²) < 4.78 is 11.8. The van der Waals surface area contributed by atoms with Gasteiger partial charge in [0.2, 0.25) is 0 Å². The maximum atomic E-state index is 11.8. The normalized spacial score (nSPS) is 7.86. The second kappa shape index (κ2) is 2.50. The smallest absolute Gasteiger partial charge is 0.178 e. The number of aldehydes is 1. The van der Waals surface area contributed by atoms with E-state index in [0.29, 0.717) is 5.57 Å². The van der Waals surface area contributed by atoms with Crippen LogP contribution in [0.5, 0.6) is 0 Å². The third-order valence-electron chi connectivity index (χ3n) is 0.581. The molecule has 0 radical (unpaired) electrons. The average molecular weight is 102 g/mol. The minimum atomic E-state index is -0.667. The van der Waals surface area contributed by atoms with Gasteiger partial charge in [-0.2, -0.15) is 0 Å². The summed E-state index contributed by atoms with van der Waals surface area (Å²) in [6.45, 7) is 3.09. The van der Waals surface area contributed by atoms with Gasteiger partial charge in [0, 0.05) is 0 Å². The summed E-state index contributed by atoms with van der Waals surface area (Å²) in [7, 11) is 0. The molecule has 0 aromatic carbocycles. The fourth-order valence-corrected chi connectivity index (χ4v) is 0.118. The molecule has 0 aromatic heterocycles. The van der Waals surface area contributed by atoms with E-state index < -0.39 is 5.83 Å². The summed E-state index contributed by atoms with van der Waals surface area (Å²) >= 11 is 0. The van der Waals surface area contributed by atoms with Gasteiger partial charge in [-0.3, -0.25) is 4.79 Å². The molecule has 0 spiro atoms. The average Bonchev–Trinajstić information content (AvgIpc) is 1.65. The van der Waals surface area contributed by atoms with Gasteiger partial charge in [-0.05, 0) is 19.4 Å². The van der Waals surface area contributed by atoms with E-state index in [1.54, 1.807) is 13.8 Å². The summed E-state index contributed by atoms with van der Waals surface area (Å²) in [6.07, 6.45) is 0.204. The SMILES string of the molecule is CC(C)=C(F)C=O. The van der Waals surface area contributed by atoms with Crippen molar-refractivity contribution < 1.29 is 9.18 Å². The van der Waals surface area contributed by atoms with Crippen molar-refractivity contribution in [3.05, 3.63) is 11.4 Å². The van der Waals surface area contributed by atoms with E-state index in [-0.39, 0.29) is 6.29 Å². The number of halogens is 1.